The third-order valence-electron chi connectivity index (χ3n) is 10.1. The van der Waals surface area contributed by atoms with E-state index in [1.807, 2.05) is 12.1 Å². The van der Waals surface area contributed by atoms with Crippen LogP contribution in [0.5, 0.6) is 11.5 Å². The largest absolute Gasteiger partial charge is 0.490 e. The molecule has 0 radical (unpaired) electrons. The van der Waals surface area contributed by atoms with E-state index in [4.69, 9.17) is 25.8 Å². The molecular formula is C41H43ClFN7O8. The number of rotatable bonds is 16. The standard InChI is InChI=1S/C41H43ClFN7O8/c42-28-19-25(9-10-29(28)43)20-31-27-21-34(58-16-4-12-49-13-17-56-18-14-49)35(22-32(27)46-24-45-31)57-15-3-11-44-23-37(52)47-30-6-1-5-26-38(30)41(55)50(40(26)54)33-7-2-8-36(51)48-39(33)53/h1,5-6,9-10,19,21-22,24,33,44H,2-4,7-8,11-18,20,23H2,(H,47,52)(H,48,51,53)/t33-/m0/s1. The maximum absolute atomic E-state index is 13.8. The minimum absolute atomic E-state index is 0.00405. The van der Waals surface area contributed by atoms with Gasteiger partial charge in [0.15, 0.2) is 11.5 Å². The Balaban J connectivity index is 0.946. The summed E-state index contributed by atoms with van der Waals surface area (Å²) in [6.45, 7) is 5.13. The van der Waals surface area contributed by atoms with Crippen LogP contribution in [0.25, 0.3) is 10.9 Å². The molecule has 5 amide bonds. The number of imide groups is 2. The van der Waals surface area contributed by atoms with Gasteiger partial charge in [-0.25, -0.2) is 14.4 Å². The van der Waals surface area contributed by atoms with Crippen LogP contribution in [0.4, 0.5) is 10.1 Å². The molecule has 1 aromatic heterocycles. The van der Waals surface area contributed by atoms with Crippen LogP contribution in [0.1, 0.15) is 64.1 Å². The van der Waals surface area contributed by atoms with Crippen molar-refractivity contribution in [2.45, 2.75) is 44.6 Å². The fraction of sp³-hybridized carbons (Fsp3) is 0.390. The molecule has 4 aromatic rings. The van der Waals surface area contributed by atoms with Crippen molar-refractivity contribution < 1.29 is 42.6 Å². The lowest BCUT2D eigenvalue weighted by Crippen LogP contribution is -2.49. The minimum atomic E-state index is -1.12. The van der Waals surface area contributed by atoms with E-state index in [9.17, 15) is 28.4 Å². The fourth-order valence-electron chi connectivity index (χ4n) is 7.20. The first-order chi connectivity index (χ1) is 28.2. The highest BCUT2D eigenvalue weighted by Gasteiger charge is 2.45. The molecule has 304 valence electrons. The number of hydrogen-bond donors (Lipinski definition) is 3. The molecule has 3 aliphatic heterocycles. The molecule has 3 N–H and O–H groups in total. The summed E-state index contributed by atoms with van der Waals surface area (Å²) in [6, 6.07) is 11.7. The lowest BCUT2D eigenvalue weighted by Gasteiger charge is -2.26. The van der Waals surface area contributed by atoms with E-state index >= 15 is 0 Å². The second-order valence-corrected chi connectivity index (χ2v) is 14.6. The number of nitrogens with one attached hydrogen (secondary N) is 3. The van der Waals surface area contributed by atoms with Crippen LogP contribution >= 0.6 is 11.6 Å². The van der Waals surface area contributed by atoms with Crippen LogP contribution in [0.2, 0.25) is 5.02 Å². The van der Waals surface area contributed by atoms with Crippen molar-refractivity contribution in [1.82, 2.24) is 30.4 Å². The minimum Gasteiger partial charge on any atom is -0.490 e. The molecule has 0 spiro atoms. The Kier molecular flexibility index (Phi) is 13.2. The van der Waals surface area contributed by atoms with Crippen molar-refractivity contribution >= 4 is 57.7 Å². The van der Waals surface area contributed by atoms with Gasteiger partial charge in [0.1, 0.15) is 18.2 Å². The highest BCUT2D eigenvalue weighted by atomic mass is 35.5. The molecule has 3 aliphatic rings. The van der Waals surface area contributed by atoms with Gasteiger partial charge in [0.25, 0.3) is 11.8 Å². The predicted molar refractivity (Wildman–Crippen MR) is 210 cm³/mol. The molecule has 1 atom stereocenters. The van der Waals surface area contributed by atoms with Crippen molar-refractivity contribution in [2.75, 3.05) is 64.5 Å². The molecule has 15 nitrogen and oxygen atoms in total. The van der Waals surface area contributed by atoms with Crippen LogP contribution < -0.4 is 25.4 Å². The molecule has 2 saturated heterocycles. The SMILES string of the molecule is O=C1CCC[C@H](N2C(=O)c3cccc(NC(=O)CNCCCOc4cc5ncnc(Cc6ccc(F)c(Cl)c6)c5cc4OCCCN4CCOCC4)c3C2=O)C(=O)N1. The number of anilines is 1. The number of carbonyl (C=O) groups excluding carboxylic acids is 5. The van der Waals surface area contributed by atoms with Crippen LogP contribution in [0, 0.1) is 5.82 Å². The Bertz CT molecular complexity index is 2220. The molecule has 58 heavy (non-hydrogen) atoms. The number of morpholine rings is 1. The van der Waals surface area contributed by atoms with E-state index in [0.29, 0.717) is 49.4 Å². The van der Waals surface area contributed by atoms with Gasteiger partial charge >= 0.3 is 0 Å². The summed E-state index contributed by atoms with van der Waals surface area (Å²) in [4.78, 5) is 76.4. The Morgan fingerprint density at radius 2 is 1.78 bits per heavy atom. The Morgan fingerprint density at radius 3 is 2.59 bits per heavy atom. The average Bonchev–Trinajstić information content (AvgIpc) is 3.34. The Labute approximate surface area is 338 Å². The van der Waals surface area contributed by atoms with E-state index < -0.39 is 41.4 Å². The summed E-state index contributed by atoms with van der Waals surface area (Å²) in [5, 5.41) is 8.82. The smallest absolute Gasteiger partial charge is 0.264 e. The second kappa shape index (κ2) is 18.8. The Morgan fingerprint density at radius 1 is 0.983 bits per heavy atom. The number of ether oxygens (including phenoxy) is 3. The first kappa shape index (κ1) is 40.6. The average molecular weight is 816 g/mol. The third-order valence-corrected chi connectivity index (χ3v) is 10.4. The number of benzene rings is 3. The number of nitrogens with zero attached hydrogens (tertiary/aromatic N) is 4. The monoisotopic (exact) mass is 815 g/mol. The normalized spacial score (nSPS) is 17.3. The molecule has 3 aromatic carbocycles. The van der Waals surface area contributed by atoms with E-state index in [-0.39, 0.29) is 47.8 Å². The van der Waals surface area contributed by atoms with E-state index in [2.05, 4.69) is 30.8 Å². The molecule has 0 saturated carbocycles. The third kappa shape index (κ3) is 9.58. The summed E-state index contributed by atoms with van der Waals surface area (Å²) in [5.41, 5.74) is 2.39. The van der Waals surface area contributed by atoms with Crippen molar-refractivity contribution in [3.8, 4) is 11.5 Å². The fourth-order valence-corrected chi connectivity index (χ4v) is 7.41. The molecule has 2 fully saturated rings. The van der Waals surface area contributed by atoms with Gasteiger partial charge in [-0.15, -0.1) is 0 Å². The quantitative estimate of drug-likeness (QED) is 0.110. The van der Waals surface area contributed by atoms with Gasteiger partial charge in [0, 0.05) is 43.9 Å². The zero-order valence-electron chi connectivity index (χ0n) is 31.7. The van der Waals surface area contributed by atoms with E-state index in [1.54, 1.807) is 18.2 Å². The highest BCUT2D eigenvalue weighted by molar-refractivity contribution is 6.30. The summed E-state index contributed by atoms with van der Waals surface area (Å²) in [5.74, 6) is -2.40. The summed E-state index contributed by atoms with van der Waals surface area (Å²) < 4.78 is 31.8. The number of amides is 5. The van der Waals surface area contributed by atoms with Crippen molar-refractivity contribution in [2.24, 2.45) is 0 Å². The van der Waals surface area contributed by atoms with Crippen LogP contribution in [-0.4, -0.2) is 114 Å². The Hall–Kier alpha value is -5.55. The maximum Gasteiger partial charge on any atom is 0.264 e. The van der Waals surface area contributed by atoms with Crippen LogP contribution in [-0.2, 0) is 25.5 Å². The summed E-state index contributed by atoms with van der Waals surface area (Å²) >= 11 is 6.05. The molecule has 17 heteroatoms. The van der Waals surface area contributed by atoms with Gasteiger partial charge in [-0.1, -0.05) is 23.7 Å². The maximum atomic E-state index is 13.8. The molecule has 7 rings (SSSR count). The topological polar surface area (TPSA) is 181 Å². The van der Waals surface area contributed by atoms with Gasteiger partial charge < -0.3 is 24.8 Å². The van der Waals surface area contributed by atoms with Gasteiger partial charge in [-0.05, 0) is 68.1 Å². The first-order valence-electron chi connectivity index (χ1n) is 19.3. The predicted octanol–water partition coefficient (Wildman–Crippen LogP) is 3.90. The van der Waals surface area contributed by atoms with Gasteiger partial charge in [-0.3, -0.25) is 39.1 Å². The molecule has 0 aliphatic carbocycles. The van der Waals surface area contributed by atoms with Crippen LogP contribution in [0.3, 0.4) is 0 Å². The summed E-state index contributed by atoms with van der Waals surface area (Å²) in [7, 11) is 0. The zero-order chi connectivity index (χ0) is 40.6. The molecule has 4 heterocycles. The summed E-state index contributed by atoms with van der Waals surface area (Å²) in [6.07, 6.45) is 3.81. The van der Waals surface area contributed by atoms with E-state index in [1.165, 1.54) is 24.5 Å². The van der Waals surface area contributed by atoms with Crippen molar-refractivity contribution in [3.63, 3.8) is 0 Å². The lowest BCUT2D eigenvalue weighted by atomic mass is 10.1. The highest BCUT2D eigenvalue weighted by Crippen LogP contribution is 2.35. The number of halogens is 2. The number of hydrogen-bond acceptors (Lipinski definition) is 12. The zero-order valence-corrected chi connectivity index (χ0v) is 32.4. The number of aromatic nitrogens is 2. The molecule has 0 unspecified atom stereocenters. The number of carbonyl (C=O) groups is 5. The molecular weight excluding hydrogens is 773 g/mol. The lowest BCUT2D eigenvalue weighted by molar-refractivity contribution is -0.131. The van der Waals surface area contributed by atoms with Gasteiger partial charge in [0.05, 0.1) is 66.0 Å². The van der Waals surface area contributed by atoms with E-state index in [0.717, 1.165) is 60.8 Å². The number of fused-ring (bicyclic) bond motifs is 2. The van der Waals surface area contributed by atoms with Gasteiger partial charge in [-0.2, -0.15) is 0 Å². The van der Waals surface area contributed by atoms with Crippen molar-refractivity contribution in [1.29, 1.82) is 0 Å². The van der Waals surface area contributed by atoms with Crippen molar-refractivity contribution in [3.05, 3.63) is 88.1 Å². The first-order valence-corrected chi connectivity index (χ1v) is 19.7. The second-order valence-electron chi connectivity index (χ2n) is 14.2. The van der Waals surface area contributed by atoms with Crippen LogP contribution in [0.15, 0.2) is 54.9 Å². The molecule has 0 bridgehead atoms. The van der Waals surface area contributed by atoms with Gasteiger partial charge in [0.2, 0.25) is 17.7 Å².